The van der Waals surface area contributed by atoms with Gasteiger partial charge in [0, 0.05) is 5.54 Å². The molecule has 3 heteroatoms. The minimum Gasteiger partial charge on any atom is -0.376 e. The second kappa shape index (κ2) is 4.83. The van der Waals surface area contributed by atoms with Gasteiger partial charge in [-0.15, -0.1) is 0 Å². The molecule has 1 saturated carbocycles. The molecule has 0 radical (unpaired) electrons. The highest BCUT2D eigenvalue weighted by Gasteiger charge is 2.33. The molecule has 3 N–H and O–H groups in total. The van der Waals surface area contributed by atoms with E-state index in [2.05, 4.69) is 29.6 Å². The smallest absolute Gasteiger partial charge is 0.164 e. The molecule has 1 aromatic rings. The maximum Gasteiger partial charge on any atom is 0.164 e. The number of hydrogen-bond acceptors (Lipinski definition) is 1. The van der Waals surface area contributed by atoms with Crippen LogP contribution >= 0.6 is 12.2 Å². The van der Waals surface area contributed by atoms with Gasteiger partial charge in [0.25, 0.3) is 0 Å². The van der Waals surface area contributed by atoms with Gasteiger partial charge in [-0.3, -0.25) is 0 Å². The third-order valence-electron chi connectivity index (χ3n) is 3.33. The summed E-state index contributed by atoms with van der Waals surface area (Å²) in [6.07, 6.45) is 5.88. The van der Waals surface area contributed by atoms with Gasteiger partial charge in [-0.1, -0.05) is 43.2 Å². The Balaban J connectivity index is 2.11. The monoisotopic (exact) mass is 234 g/mol. The standard InChI is InChI=1S/C13H18N2S/c14-12(16)15-13(8-4-5-9-13)10-11-6-2-1-3-7-11/h1-3,6-7H,4-5,8-10H2,(H3,14,15,16). The lowest BCUT2D eigenvalue weighted by Crippen LogP contribution is -2.50. The lowest BCUT2D eigenvalue weighted by molar-refractivity contribution is 0.388. The molecular weight excluding hydrogens is 216 g/mol. The van der Waals surface area contributed by atoms with Crippen LogP contribution in [0.15, 0.2) is 30.3 Å². The minimum atomic E-state index is 0.104. The van der Waals surface area contributed by atoms with Crippen molar-refractivity contribution in [2.75, 3.05) is 0 Å². The maximum atomic E-state index is 5.63. The van der Waals surface area contributed by atoms with Crippen LogP contribution in [-0.2, 0) is 6.42 Å². The molecule has 1 fully saturated rings. The van der Waals surface area contributed by atoms with Crippen molar-refractivity contribution in [2.45, 2.75) is 37.6 Å². The van der Waals surface area contributed by atoms with Crippen LogP contribution in [0.1, 0.15) is 31.2 Å². The Kier molecular flexibility index (Phi) is 3.44. The van der Waals surface area contributed by atoms with Crippen molar-refractivity contribution >= 4 is 17.3 Å². The lowest BCUT2D eigenvalue weighted by Gasteiger charge is -2.30. The first kappa shape index (κ1) is 11.4. The molecule has 1 aliphatic carbocycles. The van der Waals surface area contributed by atoms with Crippen molar-refractivity contribution in [2.24, 2.45) is 5.73 Å². The van der Waals surface area contributed by atoms with E-state index >= 15 is 0 Å². The topological polar surface area (TPSA) is 38.0 Å². The Labute approximate surface area is 102 Å². The minimum absolute atomic E-state index is 0.104. The van der Waals surface area contributed by atoms with Crippen LogP contribution in [-0.4, -0.2) is 10.7 Å². The first-order valence-corrected chi connectivity index (χ1v) is 6.23. The van der Waals surface area contributed by atoms with Crippen LogP contribution in [0.2, 0.25) is 0 Å². The van der Waals surface area contributed by atoms with Crippen molar-refractivity contribution in [3.8, 4) is 0 Å². The number of nitrogens with one attached hydrogen (secondary N) is 1. The molecule has 16 heavy (non-hydrogen) atoms. The Morgan fingerprint density at radius 2 is 1.88 bits per heavy atom. The Morgan fingerprint density at radius 1 is 1.25 bits per heavy atom. The summed E-state index contributed by atoms with van der Waals surface area (Å²) >= 11 is 4.99. The van der Waals surface area contributed by atoms with Crippen molar-refractivity contribution in [1.82, 2.24) is 5.32 Å². The zero-order chi connectivity index (χ0) is 11.4. The van der Waals surface area contributed by atoms with Gasteiger partial charge in [-0.05, 0) is 37.0 Å². The van der Waals surface area contributed by atoms with Crippen molar-refractivity contribution in [3.63, 3.8) is 0 Å². The van der Waals surface area contributed by atoms with Crippen molar-refractivity contribution in [1.29, 1.82) is 0 Å². The molecule has 0 saturated heterocycles. The van der Waals surface area contributed by atoms with E-state index in [4.69, 9.17) is 18.0 Å². The molecule has 0 aromatic heterocycles. The van der Waals surface area contributed by atoms with E-state index in [9.17, 15) is 0 Å². The summed E-state index contributed by atoms with van der Waals surface area (Å²) in [5.41, 5.74) is 7.09. The zero-order valence-corrected chi connectivity index (χ0v) is 10.2. The molecule has 0 unspecified atom stereocenters. The molecule has 0 amide bonds. The Bertz CT molecular complexity index is 355. The van der Waals surface area contributed by atoms with E-state index in [0.717, 1.165) is 6.42 Å². The zero-order valence-electron chi connectivity index (χ0n) is 9.41. The third-order valence-corrected chi connectivity index (χ3v) is 3.44. The average Bonchev–Trinajstić information content (AvgIpc) is 2.66. The van der Waals surface area contributed by atoms with Crippen LogP contribution in [0.4, 0.5) is 0 Å². The van der Waals surface area contributed by atoms with E-state index in [0.29, 0.717) is 5.11 Å². The lowest BCUT2D eigenvalue weighted by atomic mass is 9.89. The fraction of sp³-hybridized carbons (Fsp3) is 0.462. The Morgan fingerprint density at radius 3 is 2.44 bits per heavy atom. The number of benzene rings is 1. The molecule has 2 rings (SSSR count). The molecule has 0 spiro atoms. The van der Waals surface area contributed by atoms with Crippen LogP contribution in [0.3, 0.4) is 0 Å². The molecule has 1 aliphatic rings. The van der Waals surface area contributed by atoms with Gasteiger partial charge >= 0.3 is 0 Å². The van der Waals surface area contributed by atoms with Gasteiger partial charge < -0.3 is 11.1 Å². The second-order valence-electron chi connectivity index (χ2n) is 4.64. The first-order chi connectivity index (χ1) is 7.70. The molecule has 1 aromatic carbocycles. The van der Waals surface area contributed by atoms with E-state index < -0.39 is 0 Å². The summed E-state index contributed by atoms with van der Waals surface area (Å²) in [4.78, 5) is 0. The largest absolute Gasteiger partial charge is 0.376 e. The van der Waals surface area contributed by atoms with Gasteiger partial charge in [0.05, 0.1) is 0 Å². The van der Waals surface area contributed by atoms with Gasteiger partial charge in [0.2, 0.25) is 0 Å². The fourth-order valence-corrected chi connectivity index (χ4v) is 2.86. The van der Waals surface area contributed by atoms with Gasteiger partial charge in [0.15, 0.2) is 5.11 Å². The molecular formula is C13H18N2S. The Hall–Kier alpha value is -1.09. The summed E-state index contributed by atoms with van der Waals surface area (Å²) in [5, 5.41) is 3.74. The van der Waals surface area contributed by atoms with E-state index in [1.54, 1.807) is 0 Å². The highest BCUT2D eigenvalue weighted by molar-refractivity contribution is 7.80. The van der Waals surface area contributed by atoms with Crippen molar-refractivity contribution < 1.29 is 0 Å². The van der Waals surface area contributed by atoms with Gasteiger partial charge in [-0.25, -0.2) is 0 Å². The highest BCUT2D eigenvalue weighted by atomic mass is 32.1. The average molecular weight is 234 g/mol. The third kappa shape index (κ3) is 2.73. The first-order valence-electron chi connectivity index (χ1n) is 5.82. The summed E-state index contributed by atoms with van der Waals surface area (Å²) in [7, 11) is 0. The number of rotatable bonds is 3. The fourth-order valence-electron chi connectivity index (χ4n) is 2.65. The highest BCUT2D eigenvalue weighted by Crippen LogP contribution is 2.32. The number of hydrogen-bond donors (Lipinski definition) is 2. The molecule has 0 atom stereocenters. The van der Waals surface area contributed by atoms with E-state index in [1.807, 2.05) is 6.07 Å². The van der Waals surface area contributed by atoms with Crippen LogP contribution in [0, 0.1) is 0 Å². The molecule has 0 aliphatic heterocycles. The summed E-state index contributed by atoms with van der Waals surface area (Å²) in [6, 6.07) is 10.5. The molecule has 2 nitrogen and oxygen atoms in total. The SMILES string of the molecule is NC(=S)NC1(Cc2ccccc2)CCCC1. The maximum absolute atomic E-state index is 5.63. The van der Waals surface area contributed by atoms with E-state index in [-0.39, 0.29) is 5.54 Å². The van der Waals surface area contributed by atoms with Crippen LogP contribution in [0.5, 0.6) is 0 Å². The number of nitrogens with two attached hydrogens (primary N) is 1. The predicted octanol–water partition coefficient (Wildman–Crippen LogP) is 2.38. The van der Waals surface area contributed by atoms with Crippen molar-refractivity contribution in [3.05, 3.63) is 35.9 Å². The molecule has 0 heterocycles. The summed E-state index contributed by atoms with van der Waals surface area (Å²) in [5.74, 6) is 0. The second-order valence-corrected chi connectivity index (χ2v) is 5.08. The van der Waals surface area contributed by atoms with Gasteiger partial charge in [0.1, 0.15) is 0 Å². The van der Waals surface area contributed by atoms with Crippen LogP contribution < -0.4 is 11.1 Å². The summed E-state index contributed by atoms with van der Waals surface area (Å²) < 4.78 is 0. The molecule has 86 valence electrons. The summed E-state index contributed by atoms with van der Waals surface area (Å²) in [6.45, 7) is 0. The van der Waals surface area contributed by atoms with Gasteiger partial charge in [-0.2, -0.15) is 0 Å². The quantitative estimate of drug-likeness (QED) is 0.789. The molecule has 0 bridgehead atoms. The predicted molar refractivity (Wildman–Crippen MR) is 71.3 cm³/mol. The van der Waals surface area contributed by atoms with Crippen LogP contribution in [0.25, 0.3) is 0 Å². The van der Waals surface area contributed by atoms with E-state index in [1.165, 1.54) is 31.2 Å². The number of thiocarbonyl (C=S) groups is 1. The normalized spacial score (nSPS) is 18.2.